The zero-order valence-electron chi connectivity index (χ0n) is 16.3. The van der Waals surface area contributed by atoms with Gasteiger partial charge in [0.05, 0.1) is 34.2 Å². The Morgan fingerprint density at radius 3 is 2.67 bits per heavy atom. The monoisotopic (exact) mass is 453 g/mol. The van der Waals surface area contributed by atoms with Gasteiger partial charge in [0.15, 0.2) is 0 Å². The molecular weight excluding hydrogens is 433 g/mol. The van der Waals surface area contributed by atoms with E-state index in [1.54, 1.807) is 18.2 Å². The van der Waals surface area contributed by atoms with E-state index in [4.69, 9.17) is 21.1 Å². The summed E-state index contributed by atoms with van der Waals surface area (Å²) in [6, 6.07) is 8.86. The number of hydrogen-bond acceptors (Lipinski definition) is 5. The van der Waals surface area contributed by atoms with E-state index in [2.05, 4.69) is 4.98 Å². The first-order valence-corrected chi connectivity index (χ1v) is 11.4. The van der Waals surface area contributed by atoms with Crippen molar-refractivity contribution in [1.82, 2.24) is 13.9 Å². The molecule has 2 heterocycles. The van der Waals surface area contributed by atoms with Crippen LogP contribution < -0.4 is 4.74 Å². The fraction of sp³-hybridized carbons (Fsp3) is 0.350. The molecule has 3 aromatic rings. The van der Waals surface area contributed by atoms with Gasteiger partial charge in [0.1, 0.15) is 24.0 Å². The molecule has 160 valence electrons. The molecule has 4 rings (SSSR count). The van der Waals surface area contributed by atoms with Crippen molar-refractivity contribution in [2.75, 3.05) is 26.3 Å². The second-order valence-corrected chi connectivity index (χ2v) is 9.15. The number of aryl methyl sites for hydroxylation is 1. The molecule has 1 aromatic heterocycles. The lowest BCUT2D eigenvalue weighted by atomic mass is 10.3. The van der Waals surface area contributed by atoms with Crippen molar-refractivity contribution in [3.05, 3.63) is 53.1 Å². The highest BCUT2D eigenvalue weighted by Gasteiger charge is 2.27. The molecule has 2 aromatic carbocycles. The molecule has 0 radical (unpaired) electrons. The third-order valence-electron chi connectivity index (χ3n) is 4.97. The van der Waals surface area contributed by atoms with Crippen LogP contribution in [-0.2, 0) is 27.9 Å². The van der Waals surface area contributed by atoms with Gasteiger partial charge in [0.2, 0.25) is 10.0 Å². The number of nitrogens with zero attached hydrogens (tertiary/aromatic N) is 3. The number of hydrogen-bond donors (Lipinski definition) is 0. The molecule has 0 spiro atoms. The van der Waals surface area contributed by atoms with Crippen LogP contribution in [0.3, 0.4) is 0 Å². The van der Waals surface area contributed by atoms with Gasteiger partial charge in [-0.15, -0.1) is 0 Å². The molecule has 0 N–H and O–H groups in total. The normalized spacial score (nSPS) is 15.6. The molecule has 1 aliphatic rings. The number of rotatable bonds is 6. The van der Waals surface area contributed by atoms with Gasteiger partial charge in [0.25, 0.3) is 0 Å². The number of halogens is 2. The summed E-state index contributed by atoms with van der Waals surface area (Å²) in [7, 11) is -3.61. The lowest BCUT2D eigenvalue weighted by Gasteiger charge is -2.26. The van der Waals surface area contributed by atoms with Crippen molar-refractivity contribution in [2.24, 2.45) is 0 Å². The Balaban J connectivity index is 1.63. The highest BCUT2D eigenvalue weighted by atomic mass is 35.5. The van der Waals surface area contributed by atoms with Crippen LogP contribution in [0.2, 0.25) is 5.02 Å². The standard InChI is InChI=1S/C20H21ClFN3O4S/c1-2-25-18-5-4-15(30(26,27)24-7-9-28-10-8-24)12-17(18)23-20(25)13-29-19-6-3-14(22)11-16(19)21/h3-6,11-12H,2,7-10,13H2,1H3. The van der Waals surface area contributed by atoms with E-state index >= 15 is 0 Å². The molecule has 10 heteroatoms. The van der Waals surface area contributed by atoms with Crippen LogP contribution in [0.5, 0.6) is 5.75 Å². The van der Waals surface area contributed by atoms with Gasteiger partial charge in [-0.3, -0.25) is 0 Å². The summed E-state index contributed by atoms with van der Waals surface area (Å²) in [6.45, 7) is 4.15. The highest BCUT2D eigenvalue weighted by molar-refractivity contribution is 7.89. The Bertz CT molecular complexity index is 1180. The number of aromatic nitrogens is 2. The lowest BCUT2D eigenvalue weighted by Crippen LogP contribution is -2.40. The van der Waals surface area contributed by atoms with Crippen LogP contribution in [-0.4, -0.2) is 48.6 Å². The van der Waals surface area contributed by atoms with Crippen LogP contribution >= 0.6 is 11.6 Å². The Labute approximate surface area is 179 Å². The molecule has 1 aliphatic heterocycles. The second-order valence-electron chi connectivity index (χ2n) is 6.80. The summed E-state index contributed by atoms with van der Waals surface area (Å²) in [5, 5.41) is 0.174. The van der Waals surface area contributed by atoms with Crippen molar-refractivity contribution in [2.45, 2.75) is 25.0 Å². The van der Waals surface area contributed by atoms with Crippen molar-refractivity contribution in [3.63, 3.8) is 0 Å². The first kappa shape index (κ1) is 21.0. The third-order valence-corrected chi connectivity index (χ3v) is 7.16. The SMILES string of the molecule is CCn1c(COc2ccc(F)cc2Cl)nc2cc(S(=O)(=O)N3CCOCC3)ccc21. The van der Waals surface area contributed by atoms with E-state index in [0.717, 1.165) is 5.52 Å². The van der Waals surface area contributed by atoms with Crippen molar-refractivity contribution < 1.29 is 22.3 Å². The van der Waals surface area contributed by atoms with Gasteiger partial charge < -0.3 is 14.0 Å². The molecule has 0 unspecified atom stereocenters. The fourth-order valence-electron chi connectivity index (χ4n) is 3.45. The number of morpholine rings is 1. The van der Waals surface area contributed by atoms with Gasteiger partial charge in [-0.05, 0) is 43.3 Å². The maximum atomic E-state index is 13.2. The van der Waals surface area contributed by atoms with Crippen LogP contribution in [0.15, 0.2) is 41.3 Å². The van der Waals surface area contributed by atoms with E-state index in [9.17, 15) is 12.8 Å². The maximum Gasteiger partial charge on any atom is 0.243 e. The second kappa shape index (κ2) is 8.50. The molecular formula is C20H21ClFN3O4S. The molecule has 1 fully saturated rings. The Morgan fingerprint density at radius 1 is 1.20 bits per heavy atom. The van der Waals surface area contributed by atoms with Gasteiger partial charge in [0, 0.05) is 19.6 Å². The predicted octanol–water partition coefficient (Wildman–Crippen LogP) is 3.45. The minimum absolute atomic E-state index is 0.111. The fourth-order valence-corrected chi connectivity index (χ4v) is 5.10. The quantitative estimate of drug-likeness (QED) is 0.571. The number of ether oxygens (including phenoxy) is 2. The molecule has 1 saturated heterocycles. The van der Waals surface area contributed by atoms with E-state index in [-0.39, 0.29) is 16.5 Å². The van der Waals surface area contributed by atoms with E-state index < -0.39 is 15.8 Å². The van der Waals surface area contributed by atoms with Gasteiger partial charge >= 0.3 is 0 Å². The van der Waals surface area contributed by atoms with E-state index in [1.165, 1.54) is 22.5 Å². The number of benzene rings is 2. The Morgan fingerprint density at radius 2 is 1.97 bits per heavy atom. The van der Waals surface area contributed by atoms with Crippen molar-refractivity contribution in [1.29, 1.82) is 0 Å². The van der Waals surface area contributed by atoms with Crippen LogP contribution in [0.4, 0.5) is 4.39 Å². The molecule has 0 bridgehead atoms. The van der Waals surface area contributed by atoms with Crippen molar-refractivity contribution >= 4 is 32.7 Å². The summed E-state index contributed by atoms with van der Waals surface area (Å²) < 4.78 is 53.4. The Hall–Kier alpha value is -2.20. The third kappa shape index (κ3) is 4.02. The van der Waals surface area contributed by atoms with E-state index in [0.29, 0.717) is 49.9 Å². The molecule has 30 heavy (non-hydrogen) atoms. The first-order valence-electron chi connectivity index (χ1n) is 9.55. The van der Waals surface area contributed by atoms with Crippen LogP contribution in [0.1, 0.15) is 12.7 Å². The minimum atomic E-state index is -3.61. The first-order chi connectivity index (χ1) is 14.4. The van der Waals surface area contributed by atoms with Crippen LogP contribution in [0, 0.1) is 5.82 Å². The summed E-state index contributed by atoms with van der Waals surface area (Å²) in [5.74, 6) is 0.527. The highest BCUT2D eigenvalue weighted by Crippen LogP contribution is 2.27. The zero-order chi connectivity index (χ0) is 21.3. The summed E-state index contributed by atoms with van der Waals surface area (Å²) >= 11 is 6.02. The molecule has 0 saturated carbocycles. The smallest absolute Gasteiger partial charge is 0.243 e. The number of fused-ring (bicyclic) bond motifs is 1. The average molecular weight is 454 g/mol. The summed E-state index contributed by atoms with van der Waals surface area (Å²) in [4.78, 5) is 4.78. The predicted molar refractivity (Wildman–Crippen MR) is 111 cm³/mol. The zero-order valence-corrected chi connectivity index (χ0v) is 17.9. The van der Waals surface area contributed by atoms with Crippen LogP contribution in [0.25, 0.3) is 11.0 Å². The van der Waals surface area contributed by atoms with Gasteiger partial charge in [-0.1, -0.05) is 11.6 Å². The maximum absolute atomic E-state index is 13.2. The topological polar surface area (TPSA) is 73.7 Å². The minimum Gasteiger partial charge on any atom is -0.484 e. The number of sulfonamides is 1. The number of imidazole rings is 1. The summed E-state index contributed by atoms with van der Waals surface area (Å²) in [6.07, 6.45) is 0. The summed E-state index contributed by atoms with van der Waals surface area (Å²) in [5.41, 5.74) is 1.37. The van der Waals surface area contributed by atoms with Crippen molar-refractivity contribution in [3.8, 4) is 5.75 Å². The average Bonchev–Trinajstić information content (AvgIpc) is 3.10. The Kier molecular flexibility index (Phi) is 5.97. The van der Waals surface area contributed by atoms with Gasteiger partial charge in [-0.25, -0.2) is 17.8 Å². The molecule has 0 amide bonds. The largest absolute Gasteiger partial charge is 0.484 e. The van der Waals surface area contributed by atoms with Gasteiger partial charge in [-0.2, -0.15) is 4.31 Å². The lowest BCUT2D eigenvalue weighted by molar-refractivity contribution is 0.0730. The molecule has 7 nitrogen and oxygen atoms in total. The molecule has 0 aliphatic carbocycles. The van der Waals surface area contributed by atoms with E-state index in [1.807, 2.05) is 11.5 Å². The molecule has 0 atom stereocenters.